The topological polar surface area (TPSA) is 29.3 Å². The lowest BCUT2D eigenvalue weighted by atomic mass is 10.0. The Labute approximate surface area is 96.6 Å². The van der Waals surface area contributed by atoms with E-state index in [2.05, 4.69) is 32.4 Å². The van der Waals surface area contributed by atoms with Crippen molar-refractivity contribution >= 4 is 21.4 Å². The minimum absolute atomic E-state index is 0.612. The molecule has 0 saturated carbocycles. The van der Waals surface area contributed by atoms with Gasteiger partial charge in [-0.15, -0.1) is 0 Å². The van der Waals surface area contributed by atoms with Crippen molar-refractivity contribution in [2.45, 2.75) is 12.3 Å². The van der Waals surface area contributed by atoms with Crippen molar-refractivity contribution in [3.63, 3.8) is 0 Å². The summed E-state index contributed by atoms with van der Waals surface area (Å²) in [6.45, 7) is 2.19. The molecule has 3 heterocycles. The van der Waals surface area contributed by atoms with Crippen molar-refractivity contribution in [2.75, 3.05) is 13.1 Å². The van der Waals surface area contributed by atoms with Crippen LogP contribution >= 0.6 is 15.9 Å². The number of hydrogen-bond donors (Lipinski definition) is 1. The third-order valence-corrected chi connectivity index (χ3v) is 3.66. The number of fused-ring (bicyclic) bond motifs is 1. The molecule has 1 aliphatic heterocycles. The summed E-state index contributed by atoms with van der Waals surface area (Å²) in [5.74, 6) is 0.612. The average Bonchev–Trinajstić information content (AvgIpc) is 2.85. The highest BCUT2D eigenvalue weighted by Gasteiger charge is 2.21. The Kier molecular flexibility index (Phi) is 2.25. The summed E-state index contributed by atoms with van der Waals surface area (Å²) in [5.41, 5.74) is 2.57. The van der Waals surface area contributed by atoms with E-state index in [1.165, 1.54) is 17.5 Å². The fraction of sp³-hybridized carbons (Fsp3) is 0.364. The summed E-state index contributed by atoms with van der Waals surface area (Å²) < 4.78 is 3.07. The maximum absolute atomic E-state index is 4.38. The van der Waals surface area contributed by atoms with Crippen molar-refractivity contribution in [2.24, 2.45) is 0 Å². The Morgan fingerprint density at radius 3 is 3.27 bits per heavy atom. The van der Waals surface area contributed by atoms with Crippen LogP contribution in [0.3, 0.4) is 0 Å². The van der Waals surface area contributed by atoms with Crippen molar-refractivity contribution < 1.29 is 0 Å². The highest BCUT2D eigenvalue weighted by atomic mass is 79.9. The van der Waals surface area contributed by atoms with Gasteiger partial charge < -0.3 is 5.32 Å². The van der Waals surface area contributed by atoms with Crippen molar-refractivity contribution in [3.05, 3.63) is 34.6 Å². The van der Waals surface area contributed by atoms with Crippen LogP contribution in [0, 0.1) is 0 Å². The van der Waals surface area contributed by atoms with E-state index in [4.69, 9.17) is 0 Å². The minimum Gasteiger partial charge on any atom is -0.316 e. The number of nitrogens with one attached hydrogen (secondary N) is 1. The molecule has 2 aromatic heterocycles. The number of rotatable bonds is 1. The predicted molar refractivity (Wildman–Crippen MR) is 63.1 cm³/mol. The highest BCUT2D eigenvalue weighted by molar-refractivity contribution is 9.10. The van der Waals surface area contributed by atoms with E-state index < -0.39 is 0 Å². The second-order valence-corrected chi connectivity index (χ2v) is 4.79. The van der Waals surface area contributed by atoms with Gasteiger partial charge in [0.05, 0.1) is 11.7 Å². The summed E-state index contributed by atoms with van der Waals surface area (Å²) in [7, 11) is 0. The van der Waals surface area contributed by atoms with Crippen LogP contribution in [0.1, 0.15) is 17.9 Å². The van der Waals surface area contributed by atoms with Crippen LogP contribution in [-0.4, -0.2) is 22.7 Å². The highest BCUT2D eigenvalue weighted by Crippen LogP contribution is 2.30. The molecule has 2 aromatic rings. The molecule has 0 spiro atoms. The number of hydrogen-bond acceptors (Lipinski definition) is 2. The Morgan fingerprint density at radius 1 is 1.53 bits per heavy atom. The zero-order valence-corrected chi connectivity index (χ0v) is 9.87. The molecule has 1 N–H and O–H groups in total. The fourth-order valence-electron chi connectivity index (χ4n) is 2.24. The Hall–Kier alpha value is -0.870. The molecule has 15 heavy (non-hydrogen) atoms. The van der Waals surface area contributed by atoms with Gasteiger partial charge in [0.1, 0.15) is 0 Å². The third-order valence-electron chi connectivity index (χ3n) is 3.02. The molecule has 3 nitrogen and oxygen atoms in total. The molecule has 0 aliphatic carbocycles. The first kappa shape index (κ1) is 9.36. The normalized spacial score (nSPS) is 21.3. The maximum atomic E-state index is 4.38. The molecule has 0 aromatic carbocycles. The smallest absolute Gasteiger partial charge is 0.0838 e. The van der Waals surface area contributed by atoms with Gasteiger partial charge in [-0.3, -0.25) is 0 Å². The van der Waals surface area contributed by atoms with Crippen LogP contribution in [0.25, 0.3) is 5.52 Å². The quantitative estimate of drug-likeness (QED) is 0.857. The van der Waals surface area contributed by atoms with Crippen molar-refractivity contribution in [1.29, 1.82) is 0 Å². The SMILES string of the molecule is Brc1cccn2ncc(C3CCNC3)c12. The van der Waals surface area contributed by atoms with E-state index in [0.29, 0.717) is 5.92 Å². The summed E-state index contributed by atoms with van der Waals surface area (Å²) in [6, 6.07) is 4.07. The second-order valence-electron chi connectivity index (χ2n) is 3.94. The van der Waals surface area contributed by atoms with Crippen LogP contribution in [0.4, 0.5) is 0 Å². The van der Waals surface area contributed by atoms with Gasteiger partial charge in [0.15, 0.2) is 0 Å². The van der Waals surface area contributed by atoms with E-state index in [-0.39, 0.29) is 0 Å². The number of nitrogens with zero attached hydrogens (tertiary/aromatic N) is 2. The zero-order valence-electron chi connectivity index (χ0n) is 8.28. The van der Waals surface area contributed by atoms with Crippen LogP contribution < -0.4 is 5.32 Å². The first-order chi connectivity index (χ1) is 7.36. The van der Waals surface area contributed by atoms with Crippen LogP contribution in [0.2, 0.25) is 0 Å². The molecule has 1 atom stereocenters. The van der Waals surface area contributed by atoms with Gasteiger partial charge in [-0.05, 0) is 41.0 Å². The number of aromatic nitrogens is 2. The minimum atomic E-state index is 0.612. The zero-order chi connectivity index (χ0) is 10.3. The van der Waals surface area contributed by atoms with Crippen LogP contribution in [0.15, 0.2) is 29.0 Å². The maximum Gasteiger partial charge on any atom is 0.0838 e. The first-order valence-corrected chi connectivity index (χ1v) is 5.98. The molecule has 1 fully saturated rings. The van der Waals surface area contributed by atoms with E-state index in [9.17, 15) is 0 Å². The van der Waals surface area contributed by atoms with Gasteiger partial charge in [0.2, 0.25) is 0 Å². The molecule has 0 radical (unpaired) electrons. The molecular weight excluding hydrogens is 254 g/mol. The molecule has 1 saturated heterocycles. The summed E-state index contributed by atoms with van der Waals surface area (Å²) in [4.78, 5) is 0. The Bertz CT molecular complexity index is 486. The fourth-order valence-corrected chi connectivity index (χ4v) is 2.81. The second kappa shape index (κ2) is 3.61. The molecule has 4 heteroatoms. The summed E-state index contributed by atoms with van der Waals surface area (Å²) in [6.07, 6.45) is 5.20. The number of halogens is 1. The van der Waals surface area contributed by atoms with Gasteiger partial charge >= 0.3 is 0 Å². The average molecular weight is 266 g/mol. The van der Waals surface area contributed by atoms with E-state index in [1.54, 1.807) is 0 Å². The Morgan fingerprint density at radius 2 is 2.47 bits per heavy atom. The lowest BCUT2D eigenvalue weighted by Crippen LogP contribution is -2.07. The molecule has 78 valence electrons. The third kappa shape index (κ3) is 1.48. The first-order valence-electron chi connectivity index (χ1n) is 5.19. The molecular formula is C11H12BrN3. The van der Waals surface area contributed by atoms with E-state index in [1.807, 2.05) is 23.0 Å². The molecule has 0 amide bonds. The molecule has 1 unspecified atom stereocenters. The molecule has 3 rings (SSSR count). The summed E-state index contributed by atoms with van der Waals surface area (Å²) in [5, 5.41) is 7.78. The van der Waals surface area contributed by atoms with Gasteiger partial charge in [-0.25, -0.2) is 4.52 Å². The largest absolute Gasteiger partial charge is 0.316 e. The van der Waals surface area contributed by atoms with Crippen molar-refractivity contribution in [1.82, 2.24) is 14.9 Å². The van der Waals surface area contributed by atoms with E-state index >= 15 is 0 Å². The van der Waals surface area contributed by atoms with Crippen LogP contribution in [-0.2, 0) is 0 Å². The van der Waals surface area contributed by atoms with Crippen LogP contribution in [0.5, 0.6) is 0 Å². The van der Waals surface area contributed by atoms with Gasteiger partial charge in [-0.1, -0.05) is 0 Å². The predicted octanol–water partition coefficient (Wildman–Crippen LogP) is 2.17. The Balaban J connectivity index is 2.18. The van der Waals surface area contributed by atoms with E-state index in [0.717, 1.165) is 17.6 Å². The molecule has 1 aliphatic rings. The van der Waals surface area contributed by atoms with Crippen molar-refractivity contribution in [3.8, 4) is 0 Å². The summed E-state index contributed by atoms with van der Waals surface area (Å²) >= 11 is 3.59. The van der Waals surface area contributed by atoms with Gasteiger partial charge in [-0.2, -0.15) is 5.10 Å². The lowest BCUT2D eigenvalue weighted by molar-refractivity contribution is 0.769. The van der Waals surface area contributed by atoms with Gasteiger partial charge in [0.25, 0.3) is 0 Å². The lowest BCUT2D eigenvalue weighted by Gasteiger charge is -2.06. The monoisotopic (exact) mass is 265 g/mol. The molecule has 0 bridgehead atoms. The number of pyridine rings is 1. The van der Waals surface area contributed by atoms with Gasteiger partial charge in [0, 0.05) is 28.7 Å². The standard InChI is InChI=1S/C11H12BrN3/c12-10-2-1-5-15-11(10)9(7-14-15)8-3-4-13-6-8/h1-2,5,7-8,13H,3-4,6H2.